The highest BCUT2D eigenvalue weighted by atomic mass is 35.5. The molecule has 2 heterocycles. The third-order valence-electron chi connectivity index (χ3n) is 4.04. The molecule has 2 aromatic carbocycles. The SMILES string of the molecule is O=[N+]([O-])c1cccc(-c2cn3c(=S)ncc(-c4ccc(Cl)cc4)c3[nH]2)c1. The Balaban J connectivity index is 1.92. The second-order valence-electron chi connectivity index (χ2n) is 5.66. The Kier molecular flexibility index (Phi) is 4.02. The van der Waals surface area contributed by atoms with Gasteiger partial charge in [-0.05, 0) is 29.9 Å². The van der Waals surface area contributed by atoms with Crippen LogP contribution in [-0.2, 0) is 0 Å². The summed E-state index contributed by atoms with van der Waals surface area (Å²) < 4.78 is 2.15. The van der Waals surface area contributed by atoms with Crippen molar-refractivity contribution in [3.05, 3.63) is 80.8 Å². The highest BCUT2D eigenvalue weighted by Gasteiger charge is 2.12. The molecule has 0 fully saturated rings. The summed E-state index contributed by atoms with van der Waals surface area (Å²) in [5.74, 6) is 0. The lowest BCUT2D eigenvalue weighted by atomic mass is 10.1. The van der Waals surface area contributed by atoms with Gasteiger partial charge in [-0.3, -0.25) is 14.5 Å². The molecule has 26 heavy (non-hydrogen) atoms. The van der Waals surface area contributed by atoms with Crippen LogP contribution < -0.4 is 0 Å². The second-order valence-corrected chi connectivity index (χ2v) is 6.46. The van der Waals surface area contributed by atoms with Crippen molar-refractivity contribution in [1.29, 1.82) is 0 Å². The number of aromatic amines is 1. The number of benzene rings is 2. The number of hydrogen-bond donors (Lipinski definition) is 1. The standard InChI is InChI=1S/C18H11ClN4O2S/c19-13-6-4-11(5-7-13)15-9-20-18(26)22-10-16(21-17(15)22)12-2-1-3-14(8-12)23(24)25/h1-10,21H. The van der Waals surface area contributed by atoms with Gasteiger partial charge in [-0.1, -0.05) is 35.9 Å². The summed E-state index contributed by atoms with van der Waals surface area (Å²) in [7, 11) is 0. The van der Waals surface area contributed by atoms with E-state index in [0.717, 1.165) is 16.8 Å². The first-order valence-corrected chi connectivity index (χ1v) is 8.43. The van der Waals surface area contributed by atoms with E-state index in [1.807, 2.05) is 12.1 Å². The van der Waals surface area contributed by atoms with Crippen molar-refractivity contribution >= 4 is 35.2 Å². The molecule has 128 valence electrons. The van der Waals surface area contributed by atoms with Crippen LogP contribution in [-0.4, -0.2) is 19.3 Å². The van der Waals surface area contributed by atoms with Crippen LogP contribution in [0.1, 0.15) is 0 Å². The van der Waals surface area contributed by atoms with Gasteiger partial charge < -0.3 is 4.98 Å². The molecule has 0 aliphatic heterocycles. The Labute approximate surface area is 157 Å². The van der Waals surface area contributed by atoms with Gasteiger partial charge in [-0.15, -0.1) is 0 Å². The number of nitro benzene ring substituents is 1. The average Bonchev–Trinajstić information content (AvgIpc) is 3.09. The van der Waals surface area contributed by atoms with E-state index in [4.69, 9.17) is 23.8 Å². The number of nitrogens with one attached hydrogen (secondary N) is 1. The highest BCUT2D eigenvalue weighted by molar-refractivity contribution is 7.71. The maximum atomic E-state index is 11.0. The number of fused-ring (bicyclic) bond motifs is 1. The molecule has 0 aliphatic rings. The highest BCUT2D eigenvalue weighted by Crippen LogP contribution is 2.29. The van der Waals surface area contributed by atoms with Crippen molar-refractivity contribution in [2.75, 3.05) is 0 Å². The van der Waals surface area contributed by atoms with Gasteiger partial charge in [0.1, 0.15) is 5.65 Å². The Hall–Kier alpha value is -3.03. The zero-order valence-corrected chi connectivity index (χ0v) is 14.8. The van der Waals surface area contributed by atoms with Crippen LogP contribution in [0, 0.1) is 14.9 Å². The number of rotatable bonds is 3. The van der Waals surface area contributed by atoms with Crippen molar-refractivity contribution < 1.29 is 4.92 Å². The summed E-state index contributed by atoms with van der Waals surface area (Å²) >= 11 is 11.3. The summed E-state index contributed by atoms with van der Waals surface area (Å²) in [5, 5.41) is 11.7. The van der Waals surface area contributed by atoms with Crippen LogP contribution in [0.25, 0.3) is 28.0 Å². The number of non-ortho nitro benzene ring substituents is 1. The molecule has 6 nitrogen and oxygen atoms in total. The Morgan fingerprint density at radius 3 is 2.65 bits per heavy atom. The fourth-order valence-corrected chi connectivity index (χ4v) is 3.10. The molecule has 0 bridgehead atoms. The summed E-state index contributed by atoms with van der Waals surface area (Å²) in [6.07, 6.45) is 3.50. The minimum atomic E-state index is -0.418. The Bertz CT molecular complexity index is 1200. The van der Waals surface area contributed by atoms with Crippen LogP contribution in [0.3, 0.4) is 0 Å². The van der Waals surface area contributed by atoms with Crippen molar-refractivity contribution in [3.63, 3.8) is 0 Å². The van der Waals surface area contributed by atoms with Crippen LogP contribution in [0.5, 0.6) is 0 Å². The topological polar surface area (TPSA) is 76.2 Å². The van der Waals surface area contributed by atoms with Gasteiger partial charge in [0.15, 0.2) is 0 Å². The van der Waals surface area contributed by atoms with E-state index >= 15 is 0 Å². The van der Waals surface area contributed by atoms with E-state index in [2.05, 4.69) is 9.97 Å². The van der Waals surface area contributed by atoms with E-state index in [1.165, 1.54) is 12.1 Å². The van der Waals surface area contributed by atoms with Gasteiger partial charge in [-0.25, -0.2) is 4.98 Å². The first kappa shape index (κ1) is 16.4. The second kappa shape index (κ2) is 6.36. The number of H-pyrrole nitrogens is 1. The number of imidazole rings is 1. The fraction of sp³-hybridized carbons (Fsp3) is 0. The number of nitro groups is 1. The predicted molar refractivity (Wildman–Crippen MR) is 103 cm³/mol. The number of aromatic nitrogens is 3. The summed E-state index contributed by atoms with van der Waals surface area (Å²) in [5.41, 5.74) is 3.98. The molecule has 1 N–H and O–H groups in total. The van der Waals surface area contributed by atoms with E-state index < -0.39 is 4.92 Å². The third-order valence-corrected chi connectivity index (χ3v) is 4.59. The molecule has 4 aromatic rings. The van der Waals surface area contributed by atoms with Gasteiger partial charge in [0.05, 0.1) is 10.6 Å². The molecule has 0 unspecified atom stereocenters. The maximum Gasteiger partial charge on any atom is 0.270 e. The van der Waals surface area contributed by atoms with Gasteiger partial charge in [0, 0.05) is 40.7 Å². The molecule has 0 atom stereocenters. The monoisotopic (exact) mass is 382 g/mol. The van der Waals surface area contributed by atoms with Crippen molar-refractivity contribution in [3.8, 4) is 22.4 Å². The lowest BCUT2D eigenvalue weighted by Gasteiger charge is -2.04. The van der Waals surface area contributed by atoms with Gasteiger partial charge in [0.25, 0.3) is 5.69 Å². The van der Waals surface area contributed by atoms with Crippen molar-refractivity contribution in [2.45, 2.75) is 0 Å². The van der Waals surface area contributed by atoms with Crippen LogP contribution in [0.2, 0.25) is 5.02 Å². The van der Waals surface area contributed by atoms with Crippen LogP contribution >= 0.6 is 23.8 Å². The molecule has 0 aliphatic carbocycles. The predicted octanol–water partition coefficient (Wildman–Crippen LogP) is 5.29. The van der Waals surface area contributed by atoms with E-state index in [9.17, 15) is 10.1 Å². The molecule has 8 heteroatoms. The molecule has 2 aromatic heterocycles. The molecule has 0 saturated carbocycles. The average molecular weight is 383 g/mol. The van der Waals surface area contributed by atoms with Gasteiger partial charge in [-0.2, -0.15) is 0 Å². The fourth-order valence-electron chi connectivity index (χ4n) is 2.78. The van der Waals surface area contributed by atoms with E-state index in [-0.39, 0.29) is 5.69 Å². The maximum absolute atomic E-state index is 11.0. The zero-order chi connectivity index (χ0) is 18.3. The zero-order valence-electron chi connectivity index (χ0n) is 13.2. The molecule has 0 spiro atoms. The third kappa shape index (κ3) is 2.87. The quantitative estimate of drug-likeness (QED) is 0.297. The summed E-state index contributed by atoms with van der Waals surface area (Å²) in [4.78, 5) is 18.2. The molecule has 0 saturated heterocycles. The van der Waals surface area contributed by atoms with Crippen LogP contribution in [0.4, 0.5) is 5.69 Å². The minimum Gasteiger partial charge on any atom is -0.339 e. The number of nitrogens with zero attached hydrogens (tertiary/aromatic N) is 3. The lowest BCUT2D eigenvalue weighted by Crippen LogP contribution is -1.92. The smallest absolute Gasteiger partial charge is 0.270 e. The molecule has 0 radical (unpaired) electrons. The Morgan fingerprint density at radius 1 is 1.15 bits per heavy atom. The minimum absolute atomic E-state index is 0.0285. The van der Waals surface area contributed by atoms with Crippen molar-refractivity contribution in [1.82, 2.24) is 14.4 Å². The molecule has 0 amide bonds. The summed E-state index contributed by atoms with van der Waals surface area (Å²) in [6, 6.07) is 13.8. The summed E-state index contributed by atoms with van der Waals surface area (Å²) in [6.45, 7) is 0. The number of hydrogen-bond acceptors (Lipinski definition) is 4. The van der Waals surface area contributed by atoms with Gasteiger partial charge >= 0.3 is 0 Å². The molecular formula is C18H11ClN4O2S. The first-order chi connectivity index (χ1) is 12.5. The van der Waals surface area contributed by atoms with E-state index in [0.29, 0.717) is 21.1 Å². The van der Waals surface area contributed by atoms with Gasteiger partial charge in [0.2, 0.25) is 4.77 Å². The van der Waals surface area contributed by atoms with Crippen LogP contribution in [0.15, 0.2) is 60.9 Å². The Morgan fingerprint density at radius 2 is 1.92 bits per heavy atom. The molecular weight excluding hydrogens is 372 g/mol. The largest absolute Gasteiger partial charge is 0.339 e. The first-order valence-electron chi connectivity index (χ1n) is 7.64. The number of halogens is 1. The van der Waals surface area contributed by atoms with Crippen molar-refractivity contribution in [2.24, 2.45) is 0 Å². The lowest BCUT2D eigenvalue weighted by molar-refractivity contribution is -0.384. The van der Waals surface area contributed by atoms with E-state index in [1.54, 1.807) is 41.1 Å². The normalized spacial score (nSPS) is 11.0. The molecule has 4 rings (SSSR count).